The van der Waals surface area contributed by atoms with E-state index in [0.29, 0.717) is 24.5 Å². The number of nitrogens with one attached hydrogen (secondary N) is 1. The van der Waals surface area contributed by atoms with Crippen LogP contribution in [0.3, 0.4) is 0 Å². The molecule has 0 saturated carbocycles. The lowest BCUT2D eigenvalue weighted by molar-refractivity contribution is -0.0763. The molecule has 3 rings (SSSR count). The van der Waals surface area contributed by atoms with E-state index in [1.165, 1.54) is 12.4 Å². The summed E-state index contributed by atoms with van der Waals surface area (Å²) in [5.74, 6) is -0.239. The second-order valence-electron chi connectivity index (χ2n) is 5.02. The molecule has 0 aliphatic carbocycles. The van der Waals surface area contributed by atoms with Gasteiger partial charge in [0.1, 0.15) is 6.04 Å². The predicted octanol–water partition coefficient (Wildman–Crippen LogP) is 1.17. The molecule has 1 aliphatic heterocycles. The van der Waals surface area contributed by atoms with Crippen LogP contribution in [0, 0.1) is 6.92 Å². The van der Waals surface area contributed by atoms with E-state index in [2.05, 4.69) is 20.6 Å². The van der Waals surface area contributed by atoms with E-state index in [1.54, 1.807) is 16.9 Å². The van der Waals surface area contributed by atoms with Crippen molar-refractivity contribution in [3.8, 4) is 0 Å². The van der Waals surface area contributed by atoms with Crippen LogP contribution in [-0.4, -0.2) is 45.4 Å². The lowest BCUT2D eigenvalue weighted by Gasteiger charge is -2.19. The average molecular weight is 303 g/mol. The van der Waals surface area contributed by atoms with Crippen LogP contribution < -0.4 is 5.32 Å². The van der Waals surface area contributed by atoms with Gasteiger partial charge in [-0.05, 0) is 19.9 Å². The van der Waals surface area contributed by atoms with E-state index >= 15 is 0 Å². The van der Waals surface area contributed by atoms with Crippen molar-refractivity contribution < 1.29 is 14.3 Å². The van der Waals surface area contributed by atoms with Gasteiger partial charge in [0.2, 0.25) is 0 Å². The fraction of sp³-hybridized carbons (Fsp3) is 0.429. The average Bonchev–Trinajstić information content (AvgIpc) is 3.17. The molecule has 0 bridgehead atoms. The van der Waals surface area contributed by atoms with Gasteiger partial charge in [-0.1, -0.05) is 0 Å². The highest BCUT2D eigenvalue weighted by Crippen LogP contribution is 2.22. The Morgan fingerprint density at radius 1 is 1.36 bits per heavy atom. The number of carbonyl (C=O) groups is 1. The number of anilines is 1. The fourth-order valence-corrected chi connectivity index (χ4v) is 2.39. The van der Waals surface area contributed by atoms with E-state index in [-0.39, 0.29) is 18.2 Å². The maximum absolute atomic E-state index is 12.3. The summed E-state index contributed by atoms with van der Waals surface area (Å²) in [4.78, 5) is 12.3. The molecule has 8 nitrogen and oxygen atoms in total. The number of hydrogen-bond donors (Lipinski definition) is 1. The second-order valence-corrected chi connectivity index (χ2v) is 5.02. The zero-order valence-electron chi connectivity index (χ0n) is 12.4. The second kappa shape index (κ2) is 6.20. The molecule has 116 valence electrons. The molecule has 22 heavy (non-hydrogen) atoms. The van der Waals surface area contributed by atoms with Gasteiger partial charge >= 0.3 is 0 Å². The summed E-state index contributed by atoms with van der Waals surface area (Å²) in [6.45, 7) is 4.96. The van der Waals surface area contributed by atoms with Crippen molar-refractivity contribution in [1.29, 1.82) is 0 Å². The third kappa shape index (κ3) is 2.83. The Kier molecular flexibility index (Phi) is 4.12. The largest absolute Gasteiger partial charge is 0.348 e. The Bertz CT molecular complexity index is 652. The summed E-state index contributed by atoms with van der Waals surface area (Å²) in [6.07, 6.45) is 4.22. The minimum absolute atomic E-state index is 0.105. The summed E-state index contributed by atoms with van der Waals surface area (Å²) < 4.78 is 12.7. The summed E-state index contributed by atoms with van der Waals surface area (Å²) in [5.41, 5.74) is 1.84. The molecule has 1 fully saturated rings. The van der Waals surface area contributed by atoms with Crippen LogP contribution in [0.15, 0.2) is 24.7 Å². The van der Waals surface area contributed by atoms with Gasteiger partial charge in [-0.25, -0.2) is 0 Å². The topological polar surface area (TPSA) is 91.2 Å². The number of nitrogens with zero attached hydrogens (tertiary/aromatic N) is 4. The smallest absolute Gasteiger partial charge is 0.259 e. The summed E-state index contributed by atoms with van der Waals surface area (Å²) in [7, 11) is 0. The molecular formula is C14H17N5O3. The maximum atomic E-state index is 12.3. The Labute approximate surface area is 127 Å². The van der Waals surface area contributed by atoms with Crippen LogP contribution in [0.2, 0.25) is 0 Å². The van der Waals surface area contributed by atoms with Gasteiger partial charge in [-0.3, -0.25) is 9.48 Å². The minimum Gasteiger partial charge on any atom is -0.348 e. The van der Waals surface area contributed by atoms with Crippen LogP contribution in [-0.2, 0) is 9.47 Å². The van der Waals surface area contributed by atoms with Gasteiger partial charge < -0.3 is 14.8 Å². The lowest BCUT2D eigenvalue weighted by Crippen LogP contribution is -2.24. The molecule has 0 aromatic carbocycles. The monoisotopic (exact) mass is 303 g/mol. The van der Waals surface area contributed by atoms with E-state index in [4.69, 9.17) is 9.47 Å². The number of carbonyl (C=O) groups excluding carboxylic acids is 1. The molecule has 1 amide bonds. The normalized spacial score (nSPS) is 16.6. The Balaban J connectivity index is 1.76. The molecule has 1 saturated heterocycles. The van der Waals surface area contributed by atoms with Gasteiger partial charge in [0.25, 0.3) is 5.91 Å². The highest BCUT2D eigenvalue weighted by molar-refractivity contribution is 6.04. The predicted molar refractivity (Wildman–Crippen MR) is 77.4 cm³/mol. The van der Waals surface area contributed by atoms with Crippen molar-refractivity contribution in [3.63, 3.8) is 0 Å². The highest BCUT2D eigenvalue weighted by atomic mass is 16.7. The summed E-state index contributed by atoms with van der Waals surface area (Å²) in [6, 6.07) is 1.57. The zero-order chi connectivity index (χ0) is 15.5. The van der Waals surface area contributed by atoms with Crippen molar-refractivity contribution in [2.75, 3.05) is 18.5 Å². The SMILES string of the molecule is Cc1c(C(=O)Nc2ccnnc2)cnn1C(C)C1OCCO1. The first kappa shape index (κ1) is 14.6. The number of aromatic nitrogens is 4. The van der Waals surface area contributed by atoms with E-state index in [1.807, 2.05) is 13.8 Å². The lowest BCUT2D eigenvalue weighted by atomic mass is 10.2. The quantitative estimate of drug-likeness (QED) is 0.911. The molecule has 1 atom stereocenters. The minimum atomic E-state index is -0.334. The molecule has 1 aliphatic rings. The van der Waals surface area contributed by atoms with Crippen LogP contribution in [0.1, 0.15) is 29.0 Å². The summed E-state index contributed by atoms with van der Waals surface area (Å²) >= 11 is 0. The Morgan fingerprint density at radius 2 is 2.14 bits per heavy atom. The highest BCUT2D eigenvalue weighted by Gasteiger charge is 2.27. The summed E-state index contributed by atoms with van der Waals surface area (Å²) in [5, 5.41) is 14.4. The van der Waals surface area contributed by atoms with E-state index in [9.17, 15) is 4.79 Å². The van der Waals surface area contributed by atoms with Crippen molar-refractivity contribution in [3.05, 3.63) is 35.9 Å². The first-order valence-electron chi connectivity index (χ1n) is 7.02. The number of ether oxygens (including phenoxy) is 2. The third-order valence-corrected chi connectivity index (χ3v) is 3.56. The maximum Gasteiger partial charge on any atom is 0.259 e. The molecule has 2 aromatic rings. The van der Waals surface area contributed by atoms with Gasteiger partial charge in [0, 0.05) is 5.69 Å². The number of amides is 1. The molecule has 1 unspecified atom stereocenters. The van der Waals surface area contributed by atoms with Crippen molar-refractivity contribution >= 4 is 11.6 Å². The van der Waals surface area contributed by atoms with Gasteiger partial charge in [-0.15, -0.1) is 0 Å². The first-order valence-corrected chi connectivity index (χ1v) is 7.02. The van der Waals surface area contributed by atoms with Gasteiger partial charge in [0.05, 0.1) is 43.1 Å². The molecule has 3 heterocycles. The molecule has 8 heteroatoms. The van der Waals surface area contributed by atoms with Crippen molar-refractivity contribution in [2.24, 2.45) is 0 Å². The zero-order valence-corrected chi connectivity index (χ0v) is 12.4. The molecule has 1 N–H and O–H groups in total. The molecule has 2 aromatic heterocycles. The van der Waals surface area contributed by atoms with Crippen molar-refractivity contribution in [2.45, 2.75) is 26.2 Å². The molecule has 0 radical (unpaired) electrons. The van der Waals surface area contributed by atoms with Gasteiger partial charge in [0.15, 0.2) is 6.29 Å². The number of rotatable bonds is 4. The fourth-order valence-electron chi connectivity index (χ4n) is 2.39. The number of hydrogen-bond acceptors (Lipinski definition) is 6. The third-order valence-electron chi connectivity index (χ3n) is 3.56. The van der Waals surface area contributed by atoms with Crippen LogP contribution >= 0.6 is 0 Å². The van der Waals surface area contributed by atoms with Crippen molar-refractivity contribution in [1.82, 2.24) is 20.0 Å². The van der Waals surface area contributed by atoms with Crippen LogP contribution in [0.4, 0.5) is 5.69 Å². The van der Waals surface area contributed by atoms with E-state index in [0.717, 1.165) is 5.69 Å². The Hall–Kier alpha value is -2.32. The Morgan fingerprint density at radius 3 is 2.82 bits per heavy atom. The standard InChI is InChI=1S/C14H17N5O3/c1-9-12(13(20)18-11-3-4-15-16-7-11)8-17-19(9)10(2)14-21-5-6-22-14/h3-4,7-8,10,14H,5-6H2,1-2H3,(H,15,18,20). The first-order chi connectivity index (χ1) is 10.7. The molecule has 0 spiro atoms. The van der Waals surface area contributed by atoms with Crippen LogP contribution in [0.25, 0.3) is 0 Å². The van der Waals surface area contributed by atoms with Gasteiger partial charge in [-0.2, -0.15) is 15.3 Å². The molecular weight excluding hydrogens is 286 g/mol. The van der Waals surface area contributed by atoms with E-state index < -0.39 is 0 Å². The van der Waals surface area contributed by atoms with Crippen LogP contribution in [0.5, 0.6) is 0 Å².